The van der Waals surface area contributed by atoms with Gasteiger partial charge in [0.15, 0.2) is 11.9 Å². The molecule has 1 heterocycles. The van der Waals surface area contributed by atoms with E-state index < -0.39 is 0 Å². The summed E-state index contributed by atoms with van der Waals surface area (Å²) >= 11 is 0. The first-order chi connectivity index (χ1) is 11.9. The van der Waals surface area contributed by atoms with E-state index in [1.165, 1.54) is 102 Å². The van der Waals surface area contributed by atoms with Gasteiger partial charge in [-0.2, -0.15) is 0 Å². The molecular weight excluding hydrogens is 417 g/mol. The third-order valence-corrected chi connectivity index (χ3v) is 5.16. The fourth-order valence-electron chi connectivity index (χ4n) is 3.55. The normalized spacial score (nSPS) is 10.6. The minimum atomic E-state index is 0. The van der Waals surface area contributed by atoms with Crippen molar-refractivity contribution in [2.75, 3.05) is 0 Å². The lowest BCUT2D eigenvalue weighted by Gasteiger charge is -2.04. The van der Waals surface area contributed by atoms with Gasteiger partial charge < -0.3 is 24.0 Å². The topological polar surface area (TPSA) is 3.88 Å². The molecule has 2 heteroatoms. The van der Waals surface area contributed by atoms with Crippen LogP contribution in [0.25, 0.3) is 0 Å². The molecule has 0 aliphatic heterocycles. The fraction of sp³-hybridized carbons (Fsp3) is 0.783. The Morgan fingerprint density at radius 3 is 1.60 bits per heavy atom. The van der Waals surface area contributed by atoms with E-state index >= 15 is 0 Å². The fourth-order valence-corrected chi connectivity index (χ4v) is 3.55. The molecule has 0 aliphatic rings. The van der Waals surface area contributed by atoms with Crippen LogP contribution in [0.4, 0.5) is 0 Å². The van der Waals surface area contributed by atoms with Gasteiger partial charge in [0.2, 0.25) is 0 Å². The van der Waals surface area contributed by atoms with Gasteiger partial charge in [-0.05, 0) is 13.3 Å². The maximum absolute atomic E-state index is 2.38. The first-order valence-electron chi connectivity index (χ1n) is 10.9. The van der Waals surface area contributed by atoms with Gasteiger partial charge in [-0.1, -0.05) is 96.5 Å². The molecule has 0 aromatic carbocycles. The second-order valence-electron chi connectivity index (χ2n) is 7.32. The summed E-state index contributed by atoms with van der Waals surface area (Å²) in [5.41, 5.74) is 1.50. The Kier molecular flexibility index (Phi) is 18.6. The molecule has 0 unspecified atom stereocenters. The Morgan fingerprint density at radius 2 is 1.12 bits per heavy atom. The lowest BCUT2D eigenvalue weighted by Crippen LogP contribution is -3.00. The number of hydrogen-bond donors (Lipinski definition) is 0. The van der Waals surface area contributed by atoms with Crippen LogP contribution in [-0.2, 0) is 13.0 Å². The first-order valence-corrected chi connectivity index (χ1v) is 10.9. The number of halogens is 1. The van der Waals surface area contributed by atoms with Crippen molar-refractivity contribution in [2.24, 2.45) is 0 Å². The molecule has 1 nitrogen and oxygen atoms in total. The summed E-state index contributed by atoms with van der Waals surface area (Å²) in [5.74, 6) is 0. The zero-order valence-corrected chi connectivity index (χ0v) is 19.1. The molecule has 146 valence electrons. The molecule has 0 amide bonds. The molecule has 0 saturated carbocycles. The maximum Gasteiger partial charge on any atom is 0.181 e. The molecule has 0 bridgehead atoms. The maximum atomic E-state index is 2.38. The summed E-state index contributed by atoms with van der Waals surface area (Å²) in [5, 5.41) is 0. The molecule has 0 atom stereocenters. The summed E-state index contributed by atoms with van der Waals surface area (Å²) < 4.78 is 2.38. The smallest absolute Gasteiger partial charge is 0.181 e. The van der Waals surface area contributed by atoms with Crippen molar-refractivity contribution in [3.05, 3.63) is 30.1 Å². The summed E-state index contributed by atoms with van der Waals surface area (Å²) in [6.45, 7) is 5.62. The molecule has 0 saturated heterocycles. The highest BCUT2D eigenvalue weighted by atomic mass is 127. The third kappa shape index (κ3) is 13.7. The van der Waals surface area contributed by atoms with Crippen LogP contribution >= 0.6 is 0 Å². The molecule has 1 aromatic heterocycles. The predicted octanol–water partition coefficient (Wildman–Crippen LogP) is 4.02. The minimum Gasteiger partial charge on any atom is -1.00 e. The van der Waals surface area contributed by atoms with Crippen molar-refractivity contribution in [2.45, 2.75) is 117 Å². The van der Waals surface area contributed by atoms with E-state index in [2.05, 4.69) is 42.8 Å². The molecule has 0 fully saturated rings. The Labute approximate surface area is 175 Å². The van der Waals surface area contributed by atoms with Crippen LogP contribution in [0.1, 0.15) is 109 Å². The van der Waals surface area contributed by atoms with Crippen molar-refractivity contribution in [1.82, 2.24) is 0 Å². The molecule has 1 aromatic rings. The molecule has 25 heavy (non-hydrogen) atoms. The SMILES string of the molecule is CCCCCCCCCCCCCCCCc1cccc[n+]1CC.[I-]. The highest BCUT2D eigenvalue weighted by Gasteiger charge is 2.06. The Hall–Kier alpha value is -0.120. The number of rotatable bonds is 16. The lowest BCUT2D eigenvalue weighted by molar-refractivity contribution is -0.700. The van der Waals surface area contributed by atoms with Gasteiger partial charge in [-0.15, -0.1) is 0 Å². The van der Waals surface area contributed by atoms with Crippen LogP contribution in [0.2, 0.25) is 0 Å². The molecule has 0 aliphatic carbocycles. The third-order valence-electron chi connectivity index (χ3n) is 5.16. The van der Waals surface area contributed by atoms with E-state index in [1.807, 2.05) is 0 Å². The zero-order valence-electron chi connectivity index (χ0n) is 16.9. The van der Waals surface area contributed by atoms with Crippen molar-refractivity contribution in [3.63, 3.8) is 0 Å². The van der Waals surface area contributed by atoms with E-state index in [9.17, 15) is 0 Å². The van der Waals surface area contributed by atoms with Gasteiger partial charge in [0.1, 0.15) is 6.54 Å². The van der Waals surface area contributed by atoms with Crippen LogP contribution < -0.4 is 28.5 Å². The number of aryl methyl sites for hydroxylation is 2. The molecule has 1 rings (SSSR count). The number of hydrogen-bond acceptors (Lipinski definition) is 0. The first kappa shape index (κ1) is 24.9. The number of nitrogens with zero attached hydrogens (tertiary/aromatic N) is 1. The molecule has 0 N–H and O–H groups in total. The van der Waals surface area contributed by atoms with Crippen molar-refractivity contribution in [3.8, 4) is 0 Å². The Morgan fingerprint density at radius 1 is 0.640 bits per heavy atom. The van der Waals surface area contributed by atoms with Gasteiger partial charge in [0.05, 0.1) is 0 Å². The monoisotopic (exact) mass is 459 g/mol. The van der Waals surface area contributed by atoms with E-state index in [-0.39, 0.29) is 24.0 Å². The highest BCUT2D eigenvalue weighted by molar-refractivity contribution is 4.97. The van der Waals surface area contributed by atoms with Gasteiger partial charge in [-0.25, -0.2) is 4.57 Å². The lowest BCUT2D eigenvalue weighted by atomic mass is 10.0. The number of aromatic nitrogens is 1. The van der Waals surface area contributed by atoms with Crippen molar-refractivity contribution < 1.29 is 28.5 Å². The second-order valence-corrected chi connectivity index (χ2v) is 7.32. The average Bonchev–Trinajstić information content (AvgIpc) is 2.62. The van der Waals surface area contributed by atoms with E-state index in [4.69, 9.17) is 0 Å². The minimum absolute atomic E-state index is 0. The van der Waals surface area contributed by atoms with E-state index in [1.54, 1.807) is 0 Å². The van der Waals surface area contributed by atoms with Crippen molar-refractivity contribution >= 4 is 0 Å². The summed E-state index contributed by atoms with van der Waals surface area (Å²) in [6.07, 6.45) is 23.6. The molecular formula is C23H42IN. The van der Waals surface area contributed by atoms with Crippen LogP contribution in [0.5, 0.6) is 0 Å². The largest absolute Gasteiger partial charge is 1.00 e. The van der Waals surface area contributed by atoms with Gasteiger partial charge in [0, 0.05) is 18.6 Å². The Bertz CT molecular complexity index is 391. The number of pyridine rings is 1. The average molecular weight is 460 g/mol. The summed E-state index contributed by atoms with van der Waals surface area (Å²) in [4.78, 5) is 0. The zero-order chi connectivity index (χ0) is 17.3. The quantitative estimate of drug-likeness (QED) is 0.200. The van der Waals surface area contributed by atoms with Crippen LogP contribution in [0.15, 0.2) is 24.4 Å². The predicted molar refractivity (Wildman–Crippen MR) is 106 cm³/mol. The highest BCUT2D eigenvalue weighted by Crippen LogP contribution is 2.13. The van der Waals surface area contributed by atoms with Crippen molar-refractivity contribution in [1.29, 1.82) is 0 Å². The molecule has 0 radical (unpaired) electrons. The Balaban J connectivity index is 0.00000576. The van der Waals surface area contributed by atoms with Gasteiger partial charge in [-0.3, -0.25) is 0 Å². The van der Waals surface area contributed by atoms with Crippen LogP contribution in [0.3, 0.4) is 0 Å². The van der Waals surface area contributed by atoms with E-state index in [0.29, 0.717) is 0 Å². The summed E-state index contributed by atoms with van der Waals surface area (Å²) in [7, 11) is 0. The second kappa shape index (κ2) is 18.7. The van der Waals surface area contributed by atoms with Gasteiger partial charge in [0.25, 0.3) is 0 Å². The summed E-state index contributed by atoms with van der Waals surface area (Å²) in [6, 6.07) is 6.59. The molecule has 0 spiro atoms. The van der Waals surface area contributed by atoms with Gasteiger partial charge >= 0.3 is 0 Å². The van der Waals surface area contributed by atoms with E-state index in [0.717, 1.165) is 6.54 Å². The number of unbranched alkanes of at least 4 members (excludes halogenated alkanes) is 13. The van der Waals surface area contributed by atoms with Crippen LogP contribution in [0, 0.1) is 0 Å². The standard InChI is InChI=1S/C23H42N.HI/c1-3-5-6-7-8-9-10-11-12-13-14-15-16-17-20-23-21-18-19-22-24(23)4-2;/h18-19,21-22H,3-17,20H2,1-2H3;1H/q+1;/p-1. The van der Waals surface area contributed by atoms with Crippen LogP contribution in [-0.4, -0.2) is 0 Å².